The van der Waals surface area contributed by atoms with E-state index < -0.39 is 0 Å². The summed E-state index contributed by atoms with van der Waals surface area (Å²) < 4.78 is 10.2. The number of likely N-dealkylation sites (tertiary alicyclic amines) is 1. The van der Waals surface area contributed by atoms with Gasteiger partial charge in [-0.2, -0.15) is 0 Å². The Kier molecular flexibility index (Phi) is 4.80. The molecule has 0 bridgehead atoms. The molecule has 2 rings (SSSR count). The number of piperidine rings is 1. The first-order valence-electron chi connectivity index (χ1n) is 6.67. The Morgan fingerprint density at radius 1 is 1.35 bits per heavy atom. The van der Waals surface area contributed by atoms with Crippen LogP contribution in [-0.2, 0) is 14.3 Å². The summed E-state index contributed by atoms with van der Waals surface area (Å²) in [6.07, 6.45) is 4.43. The van der Waals surface area contributed by atoms with Gasteiger partial charge in [0.05, 0.1) is 13.0 Å². The number of carbonyl (C=O) groups excluding carboxylic acids is 1. The molecular formula is C13H23NO3. The van der Waals surface area contributed by atoms with E-state index in [1.807, 2.05) is 0 Å². The molecule has 0 aromatic rings. The first kappa shape index (κ1) is 12.8. The first-order chi connectivity index (χ1) is 8.29. The minimum atomic E-state index is -0.0401. The zero-order valence-electron chi connectivity index (χ0n) is 10.7. The van der Waals surface area contributed by atoms with Gasteiger partial charge < -0.3 is 14.4 Å². The Morgan fingerprint density at radius 3 is 2.82 bits per heavy atom. The van der Waals surface area contributed by atoms with Crippen molar-refractivity contribution in [3.8, 4) is 0 Å². The summed E-state index contributed by atoms with van der Waals surface area (Å²) in [4.78, 5) is 14.0. The average Bonchev–Trinajstić information content (AvgIpc) is 2.39. The van der Waals surface area contributed by atoms with Crippen molar-refractivity contribution in [2.24, 2.45) is 11.8 Å². The molecule has 1 atom stereocenters. The molecule has 0 N–H and O–H groups in total. The normalized spacial score (nSPS) is 27.9. The SMILES string of the molecule is COC(=O)C1CCCN(CC2CCOCC2)C1. The minimum Gasteiger partial charge on any atom is -0.469 e. The molecule has 0 radical (unpaired) electrons. The summed E-state index contributed by atoms with van der Waals surface area (Å²) >= 11 is 0. The van der Waals surface area contributed by atoms with E-state index in [9.17, 15) is 4.79 Å². The van der Waals surface area contributed by atoms with Gasteiger partial charge in [0, 0.05) is 26.3 Å². The number of ether oxygens (including phenoxy) is 2. The van der Waals surface area contributed by atoms with Gasteiger partial charge >= 0.3 is 5.97 Å². The minimum absolute atomic E-state index is 0.0401. The van der Waals surface area contributed by atoms with Crippen LogP contribution in [0.3, 0.4) is 0 Å². The van der Waals surface area contributed by atoms with Crippen LogP contribution in [0.5, 0.6) is 0 Å². The molecule has 0 spiro atoms. The molecule has 4 heteroatoms. The highest BCUT2D eigenvalue weighted by molar-refractivity contribution is 5.72. The lowest BCUT2D eigenvalue weighted by molar-refractivity contribution is -0.147. The lowest BCUT2D eigenvalue weighted by Crippen LogP contribution is -2.42. The van der Waals surface area contributed by atoms with Crippen molar-refractivity contribution in [1.29, 1.82) is 0 Å². The quantitative estimate of drug-likeness (QED) is 0.698. The summed E-state index contributed by atoms with van der Waals surface area (Å²) in [6.45, 7) is 4.93. The summed E-state index contributed by atoms with van der Waals surface area (Å²) in [5.74, 6) is 0.801. The fourth-order valence-electron chi connectivity index (χ4n) is 2.87. The molecule has 2 aliphatic heterocycles. The third-order valence-electron chi connectivity index (χ3n) is 3.90. The van der Waals surface area contributed by atoms with Crippen molar-refractivity contribution in [2.45, 2.75) is 25.7 Å². The van der Waals surface area contributed by atoms with Gasteiger partial charge in [-0.05, 0) is 38.1 Å². The number of hydrogen-bond acceptors (Lipinski definition) is 4. The highest BCUT2D eigenvalue weighted by atomic mass is 16.5. The molecule has 0 aliphatic carbocycles. The Morgan fingerprint density at radius 2 is 2.12 bits per heavy atom. The van der Waals surface area contributed by atoms with Crippen LogP contribution >= 0.6 is 0 Å². The van der Waals surface area contributed by atoms with E-state index in [0.29, 0.717) is 0 Å². The number of carbonyl (C=O) groups is 1. The van der Waals surface area contributed by atoms with Crippen LogP contribution in [0.4, 0.5) is 0 Å². The van der Waals surface area contributed by atoms with Crippen molar-refractivity contribution in [1.82, 2.24) is 4.90 Å². The van der Waals surface area contributed by atoms with Gasteiger partial charge in [-0.3, -0.25) is 4.79 Å². The molecule has 17 heavy (non-hydrogen) atoms. The molecule has 1 unspecified atom stereocenters. The molecule has 98 valence electrons. The Balaban J connectivity index is 1.78. The Hall–Kier alpha value is -0.610. The zero-order valence-corrected chi connectivity index (χ0v) is 10.7. The molecule has 0 aromatic heterocycles. The van der Waals surface area contributed by atoms with Gasteiger partial charge in [0.25, 0.3) is 0 Å². The largest absolute Gasteiger partial charge is 0.469 e. The predicted molar refractivity (Wildman–Crippen MR) is 64.7 cm³/mol. The van der Waals surface area contributed by atoms with Gasteiger partial charge in [-0.25, -0.2) is 0 Å². The fraction of sp³-hybridized carbons (Fsp3) is 0.923. The maximum Gasteiger partial charge on any atom is 0.309 e. The van der Waals surface area contributed by atoms with Crippen molar-refractivity contribution < 1.29 is 14.3 Å². The van der Waals surface area contributed by atoms with E-state index in [2.05, 4.69) is 4.90 Å². The molecule has 2 saturated heterocycles. The number of methoxy groups -OCH3 is 1. The smallest absolute Gasteiger partial charge is 0.309 e. The van der Waals surface area contributed by atoms with Gasteiger partial charge in [-0.15, -0.1) is 0 Å². The molecule has 0 aromatic carbocycles. The highest BCUT2D eigenvalue weighted by Gasteiger charge is 2.28. The summed E-state index contributed by atoms with van der Waals surface area (Å²) in [5, 5.41) is 0. The van der Waals surface area contributed by atoms with E-state index in [1.165, 1.54) is 20.0 Å². The second-order valence-corrected chi connectivity index (χ2v) is 5.18. The van der Waals surface area contributed by atoms with Crippen molar-refractivity contribution >= 4 is 5.97 Å². The molecular weight excluding hydrogens is 218 g/mol. The molecule has 0 amide bonds. The second-order valence-electron chi connectivity index (χ2n) is 5.18. The third kappa shape index (κ3) is 3.68. The van der Waals surface area contributed by atoms with E-state index in [4.69, 9.17) is 9.47 Å². The summed E-state index contributed by atoms with van der Waals surface area (Å²) in [6, 6.07) is 0. The highest BCUT2D eigenvalue weighted by Crippen LogP contribution is 2.22. The van der Waals surface area contributed by atoms with Crippen molar-refractivity contribution in [3.05, 3.63) is 0 Å². The monoisotopic (exact) mass is 241 g/mol. The van der Waals surface area contributed by atoms with Crippen LogP contribution in [0.2, 0.25) is 0 Å². The number of rotatable bonds is 3. The average molecular weight is 241 g/mol. The topological polar surface area (TPSA) is 38.8 Å². The van der Waals surface area contributed by atoms with Gasteiger partial charge in [0.1, 0.15) is 0 Å². The number of hydrogen-bond donors (Lipinski definition) is 0. The lowest BCUT2D eigenvalue weighted by Gasteiger charge is -2.34. The Labute approximate surface area is 103 Å². The molecule has 0 saturated carbocycles. The van der Waals surface area contributed by atoms with Crippen LogP contribution in [0, 0.1) is 11.8 Å². The van der Waals surface area contributed by atoms with Crippen molar-refractivity contribution in [2.75, 3.05) is 40.0 Å². The van der Waals surface area contributed by atoms with Crippen LogP contribution < -0.4 is 0 Å². The fourth-order valence-corrected chi connectivity index (χ4v) is 2.87. The second kappa shape index (κ2) is 6.36. The standard InChI is InChI=1S/C13H23NO3/c1-16-13(15)12-3-2-6-14(10-12)9-11-4-7-17-8-5-11/h11-12H,2-10H2,1H3. The van der Waals surface area contributed by atoms with Crippen LogP contribution in [-0.4, -0.2) is 50.8 Å². The maximum absolute atomic E-state index is 11.5. The van der Waals surface area contributed by atoms with E-state index >= 15 is 0 Å². The number of nitrogens with zero attached hydrogens (tertiary/aromatic N) is 1. The third-order valence-corrected chi connectivity index (χ3v) is 3.90. The molecule has 2 fully saturated rings. The van der Waals surface area contributed by atoms with E-state index in [1.54, 1.807) is 0 Å². The zero-order chi connectivity index (χ0) is 12.1. The van der Waals surface area contributed by atoms with Crippen LogP contribution in [0.25, 0.3) is 0 Å². The number of esters is 1. The first-order valence-corrected chi connectivity index (χ1v) is 6.67. The van der Waals surface area contributed by atoms with Crippen LogP contribution in [0.15, 0.2) is 0 Å². The van der Waals surface area contributed by atoms with Gasteiger partial charge in [-0.1, -0.05) is 0 Å². The predicted octanol–water partition coefficient (Wildman–Crippen LogP) is 1.30. The van der Waals surface area contributed by atoms with Crippen LogP contribution in [0.1, 0.15) is 25.7 Å². The summed E-state index contributed by atoms with van der Waals surface area (Å²) in [5.41, 5.74) is 0. The summed E-state index contributed by atoms with van der Waals surface area (Å²) in [7, 11) is 1.49. The lowest BCUT2D eigenvalue weighted by atomic mass is 9.94. The van der Waals surface area contributed by atoms with Crippen molar-refractivity contribution in [3.63, 3.8) is 0 Å². The van der Waals surface area contributed by atoms with E-state index in [-0.39, 0.29) is 11.9 Å². The Bertz CT molecular complexity index is 251. The van der Waals surface area contributed by atoms with E-state index in [0.717, 1.165) is 51.6 Å². The van der Waals surface area contributed by atoms with Gasteiger partial charge in [0.2, 0.25) is 0 Å². The molecule has 2 aliphatic rings. The maximum atomic E-state index is 11.5. The molecule has 2 heterocycles. The van der Waals surface area contributed by atoms with Gasteiger partial charge in [0.15, 0.2) is 0 Å². The molecule has 4 nitrogen and oxygen atoms in total.